The molecule has 1 amide bonds. The summed E-state index contributed by atoms with van der Waals surface area (Å²) >= 11 is 0. The van der Waals surface area contributed by atoms with Crippen LogP contribution in [0.15, 0.2) is 64.1 Å². The quantitative estimate of drug-likeness (QED) is 0.358. The van der Waals surface area contributed by atoms with Crippen molar-refractivity contribution in [3.05, 3.63) is 75.3 Å². The third kappa shape index (κ3) is 3.45. The van der Waals surface area contributed by atoms with E-state index in [4.69, 9.17) is 4.42 Å². The fourth-order valence-electron chi connectivity index (χ4n) is 3.97. The maximum atomic E-state index is 12.8. The molecule has 4 aromatic rings. The van der Waals surface area contributed by atoms with Crippen LogP contribution in [0.1, 0.15) is 0 Å². The zero-order valence-electron chi connectivity index (χ0n) is 17.0. The standard InChI is InChI=1S/C22H19N5O5/c28-19(25-11-9-24(10-12-25)15-5-7-16(8-6-15)27(30)31)13-26-14-23-20-17-3-1-2-4-18(17)32-21(20)22(26)29/h1-8,14H,9-13H2. The van der Waals surface area contributed by atoms with Crippen LogP contribution in [-0.2, 0) is 11.3 Å². The van der Waals surface area contributed by atoms with Crippen molar-refractivity contribution in [2.24, 2.45) is 0 Å². The van der Waals surface area contributed by atoms with Crippen LogP contribution in [0.3, 0.4) is 0 Å². The Kier molecular flexibility index (Phi) is 4.81. The van der Waals surface area contributed by atoms with Crippen LogP contribution in [0.5, 0.6) is 0 Å². The average Bonchev–Trinajstić information content (AvgIpc) is 3.20. The molecule has 0 spiro atoms. The van der Waals surface area contributed by atoms with E-state index < -0.39 is 4.92 Å². The number of furan rings is 1. The number of nitrogens with zero attached hydrogens (tertiary/aromatic N) is 5. The molecule has 0 aliphatic carbocycles. The summed E-state index contributed by atoms with van der Waals surface area (Å²) < 4.78 is 6.94. The van der Waals surface area contributed by atoms with Gasteiger partial charge in [0.25, 0.3) is 11.2 Å². The van der Waals surface area contributed by atoms with Gasteiger partial charge in [-0.2, -0.15) is 0 Å². The van der Waals surface area contributed by atoms with Crippen molar-refractivity contribution < 1.29 is 14.1 Å². The van der Waals surface area contributed by atoms with Gasteiger partial charge in [0.1, 0.15) is 17.6 Å². The molecule has 32 heavy (non-hydrogen) atoms. The Labute approximate surface area is 181 Å². The molecule has 2 aromatic heterocycles. The van der Waals surface area contributed by atoms with E-state index in [2.05, 4.69) is 9.88 Å². The third-order valence-electron chi connectivity index (χ3n) is 5.71. The van der Waals surface area contributed by atoms with E-state index in [9.17, 15) is 19.7 Å². The molecule has 0 saturated carbocycles. The highest BCUT2D eigenvalue weighted by Crippen LogP contribution is 2.24. The zero-order chi connectivity index (χ0) is 22.2. The topological polar surface area (TPSA) is 115 Å². The van der Waals surface area contributed by atoms with Crippen molar-refractivity contribution in [2.45, 2.75) is 6.54 Å². The number of hydrogen-bond acceptors (Lipinski definition) is 7. The summed E-state index contributed by atoms with van der Waals surface area (Å²) in [7, 11) is 0. The van der Waals surface area contributed by atoms with Crippen molar-refractivity contribution in [3.8, 4) is 0 Å². The number of piperazine rings is 1. The highest BCUT2D eigenvalue weighted by atomic mass is 16.6. The summed E-state index contributed by atoms with van der Waals surface area (Å²) in [6, 6.07) is 13.7. The van der Waals surface area contributed by atoms with Gasteiger partial charge in [0.2, 0.25) is 11.5 Å². The number of fused-ring (bicyclic) bond motifs is 3. The van der Waals surface area contributed by atoms with E-state index >= 15 is 0 Å². The van der Waals surface area contributed by atoms with Gasteiger partial charge in [0.15, 0.2) is 0 Å². The summed E-state index contributed by atoms with van der Waals surface area (Å²) in [5, 5.41) is 11.6. The number of anilines is 1. The average molecular weight is 433 g/mol. The van der Waals surface area contributed by atoms with Crippen LogP contribution >= 0.6 is 0 Å². The molecular formula is C22H19N5O5. The lowest BCUT2D eigenvalue weighted by Crippen LogP contribution is -2.50. The lowest BCUT2D eigenvalue weighted by molar-refractivity contribution is -0.384. The first-order chi connectivity index (χ1) is 15.5. The molecule has 0 radical (unpaired) electrons. The van der Waals surface area contributed by atoms with E-state index in [1.165, 1.54) is 23.0 Å². The molecular weight excluding hydrogens is 414 g/mol. The Morgan fingerprint density at radius 3 is 2.50 bits per heavy atom. The molecule has 10 nitrogen and oxygen atoms in total. The number of aromatic nitrogens is 2. The Morgan fingerprint density at radius 2 is 1.78 bits per heavy atom. The van der Waals surface area contributed by atoms with Crippen molar-refractivity contribution in [1.29, 1.82) is 0 Å². The number of non-ortho nitro benzene ring substituents is 1. The molecule has 0 atom stereocenters. The maximum absolute atomic E-state index is 12.8. The lowest BCUT2D eigenvalue weighted by Gasteiger charge is -2.36. The van der Waals surface area contributed by atoms with Crippen molar-refractivity contribution >= 4 is 39.4 Å². The van der Waals surface area contributed by atoms with Crippen LogP contribution < -0.4 is 10.5 Å². The summed E-state index contributed by atoms with van der Waals surface area (Å²) in [5.41, 5.74) is 1.75. The van der Waals surface area contributed by atoms with Crippen LogP contribution in [0.4, 0.5) is 11.4 Å². The second kappa shape index (κ2) is 7.80. The largest absolute Gasteiger partial charge is 0.448 e. The van der Waals surface area contributed by atoms with Gasteiger partial charge in [-0.25, -0.2) is 4.98 Å². The van der Waals surface area contributed by atoms with E-state index in [0.29, 0.717) is 37.3 Å². The summed E-state index contributed by atoms with van der Waals surface area (Å²) in [6.45, 7) is 2.06. The van der Waals surface area contributed by atoms with Gasteiger partial charge in [0.05, 0.1) is 11.3 Å². The first kappa shape index (κ1) is 19.7. The number of carbonyl (C=O) groups excluding carboxylic acids is 1. The molecule has 3 heterocycles. The predicted molar refractivity (Wildman–Crippen MR) is 118 cm³/mol. The number of benzene rings is 2. The minimum atomic E-state index is -0.431. The number of rotatable bonds is 4. The van der Waals surface area contributed by atoms with E-state index in [1.54, 1.807) is 23.1 Å². The van der Waals surface area contributed by atoms with Gasteiger partial charge in [-0.05, 0) is 24.3 Å². The number of nitro groups is 1. The van der Waals surface area contributed by atoms with Gasteiger partial charge in [-0.15, -0.1) is 0 Å². The van der Waals surface area contributed by atoms with Gasteiger partial charge in [-0.3, -0.25) is 24.3 Å². The summed E-state index contributed by atoms with van der Waals surface area (Å²) in [4.78, 5) is 44.1. The van der Waals surface area contributed by atoms with Crippen molar-refractivity contribution in [3.63, 3.8) is 0 Å². The van der Waals surface area contributed by atoms with E-state index in [-0.39, 0.29) is 29.3 Å². The predicted octanol–water partition coefficient (Wildman–Crippen LogP) is 2.40. The highest BCUT2D eigenvalue weighted by molar-refractivity contribution is 6.01. The number of para-hydroxylation sites is 1. The number of amides is 1. The number of hydrogen-bond donors (Lipinski definition) is 0. The fourth-order valence-corrected chi connectivity index (χ4v) is 3.97. The molecule has 0 unspecified atom stereocenters. The van der Waals surface area contributed by atoms with Crippen molar-refractivity contribution in [1.82, 2.24) is 14.5 Å². The maximum Gasteiger partial charge on any atom is 0.297 e. The molecule has 1 aliphatic heterocycles. The Morgan fingerprint density at radius 1 is 1.06 bits per heavy atom. The minimum Gasteiger partial charge on any atom is -0.448 e. The first-order valence-electron chi connectivity index (χ1n) is 10.1. The van der Waals surface area contributed by atoms with E-state index in [0.717, 1.165) is 11.1 Å². The van der Waals surface area contributed by atoms with Gasteiger partial charge in [-0.1, -0.05) is 12.1 Å². The number of nitro benzene ring substituents is 1. The van der Waals surface area contributed by atoms with Crippen LogP contribution in [-0.4, -0.2) is 51.5 Å². The molecule has 2 aromatic carbocycles. The van der Waals surface area contributed by atoms with Gasteiger partial charge in [0, 0.05) is 49.4 Å². The molecule has 5 rings (SSSR count). The number of carbonyl (C=O) groups is 1. The molecule has 1 fully saturated rings. The fraction of sp³-hybridized carbons (Fsp3) is 0.227. The van der Waals surface area contributed by atoms with Crippen LogP contribution in [0.25, 0.3) is 22.1 Å². The second-order valence-corrected chi connectivity index (χ2v) is 7.59. The van der Waals surface area contributed by atoms with Crippen LogP contribution in [0.2, 0.25) is 0 Å². The van der Waals surface area contributed by atoms with Gasteiger partial charge >= 0.3 is 0 Å². The van der Waals surface area contributed by atoms with Crippen LogP contribution in [0, 0.1) is 10.1 Å². The molecule has 162 valence electrons. The Bertz CT molecular complexity index is 1380. The molecule has 1 saturated heterocycles. The molecule has 0 N–H and O–H groups in total. The van der Waals surface area contributed by atoms with Crippen molar-refractivity contribution in [2.75, 3.05) is 31.1 Å². The smallest absolute Gasteiger partial charge is 0.297 e. The first-order valence-corrected chi connectivity index (χ1v) is 10.1. The lowest BCUT2D eigenvalue weighted by atomic mass is 10.2. The molecule has 0 bridgehead atoms. The second-order valence-electron chi connectivity index (χ2n) is 7.59. The molecule has 10 heteroatoms. The Hall–Kier alpha value is -4.21. The SMILES string of the molecule is O=C(Cn1cnc2c(oc3ccccc32)c1=O)N1CCN(c2ccc([N+](=O)[O-])cc2)CC1. The highest BCUT2D eigenvalue weighted by Gasteiger charge is 2.23. The summed E-state index contributed by atoms with van der Waals surface area (Å²) in [5.74, 6) is -0.173. The summed E-state index contributed by atoms with van der Waals surface area (Å²) in [6.07, 6.45) is 1.39. The molecule has 1 aliphatic rings. The third-order valence-corrected chi connectivity index (χ3v) is 5.71. The van der Waals surface area contributed by atoms with E-state index in [1.807, 2.05) is 18.2 Å². The minimum absolute atomic E-state index is 0.0445. The van der Waals surface area contributed by atoms with Gasteiger partial charge < -0.3 is 14.2 Å². The monoisotopic (exact) mass is 433 g/mol. The Balaban J connectivity index is 1.27. The normalized spacial score (nSPS) is 14.2. The zero-order valence-corrected chi connectivity index (χ0v) is 17.0.